The lowest BCUT2D eigenvalue weighted by Gasteiger charge is -2.06. The van der Waals surface area contributed by atoms with E-state index in [1.54, 1.807) is 19.6 Å². The van der Waals surface area contributed by atoms with E-state index in [2.05, 4.69) is 15.5 Å². The highest BCUT2D eigenvalue weighted by molar-refractivity contribution is 5.99. The summed E-state index contributed by atoms with van der Waals surface area (Å²) in [5, 5.41) is 4.19. The molecule has 1 amide bonds. The summed E-state index contributed by atoms with van der Waals surface area (Å²) in [5.74, 6) is 0.603. The van der Waals surface area contributed by atoms with E-state index >= 15 is 0 Å². The molecule has 26 heavy (non-hydrogen) atoms. The Bertz CT molecular complexity index is 883. The Kier molecular flexibility index (Phi) is 5.43. The van der Waals surface area contributed by atoms with Gasteiger partial charge in [-0.25, -0.2) is 10.4 Å². The summed E-state index contributed by atoms with van der Waals surface area (Å²) in [7, 11) is 1.61. The minimum absolute atomic E-state index is 0.162. The summed E-state index contributed by atoms with van der Waals surface area (Å²) in [6.45, 7) is 1.86. The van der Waals surface area contributed by atoms with Gasteiger partial charge in [-0.1, -0.05) is 24.3 Å². The number of hydrazone groups is 1. The maximum atomic E-state index is 12.1. The molecule has 0 spiro atoms. The summed E-state index contributed by atoms with van der Waals surface area (Å²) < 4.78 is 7.03. The van der Waals surface area contributed by atoms with Crippen molar-refractivity contribution in [3.63, 3.8) is 0 Å². The van der Waals surface area contributed by atoms with Gasteiger partial charge >= 0.3 is 0 Å². The van der Waals surface area contributed by atoms with Crippen LogP contribution in [0.2, 0.25) is 0 Å². The number of aromatic nitrogens is 2. The number of rotatable bonds is 6. The van der Waals surface area contributed by atoms with Crippen molar-refractivity contribution < 1.29 is 9.53 Å². The number of imidazole rings is 1. The molecule has 0 fully saturated rings. The van der Waals surface area contributed by atoms with Gasteiger partial charge in [-0.05, 0) is 42.3 Å². The maximum absolute atomic E-state index is 12.1. The minimum atomic E-state index is -0.162. The number of benzene rings is 2. The third-order valence-corrected chi connectivity index (χ3v) is 3.96. The molecule has 0 aliphatic heterocycles. The first-order valence-corrected chi connectivity index (χ1v) is 8.20. The average Bonchev–Trinajstić information content (AvgIpc) is 3.21. The lowest BCUT2D eigenvalue weighted by molar-refractivity contribution is -0.120. The highest BCUT2D eigenvalue weighted by Crippen LogP contribution is 2.12. The first kappa shape index (κ1) is 17.4. The predicted molar refractivity (Wildman–Crippen MR) is 101 cm³/mol. The van der Waals surface area contributed by atoms with Gasteiger partial charge in [0.2, 0.25) is 5.91 Å². The van der Waals surface area contributed by atoms with Crippen LogP contribution in [0.3, 0.4) is 0 Å². The molecule has 2 aromatic carbocycles. The third-order valence-electron chi connectivity index (χ3n) is 3.96. The van der Waals surface area contributed by atoms with Crippen molar-refractivity contribution in [3.8, 4) is 11.4 Å². The van der Waals surface area contributed by atoms with Crippen LogP contribution in [0.25, 0.3) is 5.69 Å². The normalized spacial score (nSPS) is 11.2. The smallest absolute Gasteiger partial charge is 0.244 e. The van der Waals surface area contributed by atoms with Crippen molar-refractivity contribution in [2.24, 2.45) is 5.10 Å². The van der Waals surface area contributed by atoms with E-state index in [1.165, 1.54) is 0 Å². The molecule has 0 unspecified atom stereocenters. The van der Waals surface area contributed by atoms with Crippen LogP contribution in [0.1, 0.15) is 18.1 Å². The molecule has 132 valence electrons. The number of hydrogen-bond donors (Lipinski definition) is 1. The summed E-state index contributed by atoms with van der Waals surface area (Å²) in [6, 6.07) is 15.3. The molecule has 0 saturated carbocycles. The molecule has 0 radical (unpaired) electrons. The van der Waals surface area contributed by atoms with Gasteiger partial charge in [0.1, 0.15) is 5.75 Å². The maximum Gasteiger partial charge on any atom is 0.244 e. The van der Waals surface area contributed by atoms with Crippen LogP contribution in [0.5, 0.6) is 5.75 Å². The first-order valence-electron chi connectivity index (χ1n) is 8.20. The number of ether oxygens (including phenoxy) is 1. The second-order valence-corrected chi connectivity index (χ2v) is 5.77. The summed E-state index contributed by atoms with van der Waals surface area (Å²) in [4.78, 5) is 16.1. The van der Waals surface area contributed by atoms with Gasteiger partial charge in [0, 0.05) is 18.1 Å². The molecule has 0 atom stereocenters. The Hall–Kier alpha value is -3.41. The largest absolute Gasteiger partial charge is 0.497 e. The predicted octanol–water partition coefficient (Wildman–Crippen LogP) is 2.96. The fraction of sp³-hybridized carbons (Fsp3) is 0.150. The van der Waals surface area contributed by atoms with Crippen molar-refractivity contribution in [1.29, 1.82) is 0 Å². The molecule has 0 saturated heterocycles. The van der Waals surface area contributed by atoms with Crippen molar-refractivity contribution in [1.82, 2.24) is 15.0 Å². The third kappa shape index (κ3) is 4.36. The van der Waals surface area contributed by atoms with E-state index < -0.39 is 0 Å². The van der Waals surface area contributed by atoms with E-state index in [9.17, 15) is 4.79 Å². The summed E-state index contributed by atoms with van der Waals surface area (Å²) in [5.41, 5.74) is 6.21. The van der Waals surface area contributed by atoms with Crippen molar-refractivity contribution in [3.05, 3.63) is 78.4 Å². The number of carbonyl (C=O) groups is 1. The Labute approximate surface area is 152 Å². The molecule has 0 aliphatic carbocycles. The van der Waals surface area contributed by atoms with Crippen LogP contribution in [0.4, 0.5) is 0 Å². The Morgan fingerprint density at radius 3 is 2.50 bits per heavy atom. The highest BCUT2D eigenvalue weighted by atomic mass is 16.5. The zero-order valence-electron chi connectivity index (χ0n) is 14.7. The molecule has 6 nitrogen and oxygen atoms in total. The summed E-state index contributed by atoms with van der Waals surface area (Å²) in [6.07, 6.45) is 5.63. The van der Waals surface area contributed by atoms with Crippen LogP contribution < -0.4 is 10.2 Å². The van der Waals surface area contributed by atoms with Gasteiger partial charge < -0.3 is 9.30 Å². The topological polar surface area (TPSA) is 68.5 Å². The van der Waals surface area contributed by atoms with Crippen LogP contribution >= 0.6 is 0 Å². The number of nitrogens with zero attached hydrogens (tertiary/aromatic N) is 3. The molecule has 0 aliphatic rings. The molecule has 0 bridgehead atoms. The molecule has 1 aromatic heterocycles. The Morgan fingerprint density at radius 2 is 1.88 bits per heavy atom. The van der Waals surface area contributed by atoms with E-state index in [1.807, 2.05) is 66.2 Å². The highest BCUT2D eigenvalue weighted by Gasteiger charge is 2.04. The van der Waals surface area contributed by atoms with Crippen molar-refractivity contribution >= 4 is 11.6 Å². The lowest BCUT2D eigenvalue weighted by Crippen LogP contribution is -2.21. The number of carbonyl (C=O) groups excluding carboxylic acids is 1. The molecule has 3 rings (SSSR count). The number of amides is 1. The van der Waals surface area contributed by atoms with E-state index in [0.29, 0.717) is 0 Å². The molecule has 6 heteroatoms. The van der Waals surface area contributed by atoms with Gasteiger partial charge in [-0.3, -0.25) is 4.79 Å². The second-order valence-electron chi connectivity index (χ2n) is 5.77. The van der Waals surface area contributed by atoms with Gasteiger partial charge in [0.25, 0.3) is 0 Å². The number of methoxy groups -OCH3 is 1. The minimum Gasteiger partial charge on any atom is -0.497 e. The van der Waals surface area contributed by atoms with Gasteiger partial charge in [-0.2, -0.15) is 5.10 Å². The Morgan fingerprint density at radius 1 is 1.15 bits per heavy atom. The molecule has 1 heterocycles. The molecular formula is C20H20N4O2. The fourth-order valence-electron chi connectivity index (χ4n) is 2.47. The van der Waals surface area contributed by atoms with E-state index in [0.717, 1.165) is 28.3 Å². The quantitative estimate of drug-likeness (QED) is 0.550. The lowest BCUT2D eigenvalue weighted by atomic mass is 10.1. The van der Waals surface area contributed by atoms with Crippen molar-refractivity contribution in [2.75, 3.05) is 7.11 Å². The number of nitrogens with one attached hydrogen (secondary N) is 1. The second kappa shape index (κ2) is 8.11. The van der Waals surface area contributed by atoms with Crippen LogP contribution in [-0.4, -0.2) is 28.3 Å². The van der Waals surface area contributed by atoms with Gasteiger partial charge in [0.05, 0.1) is 25.6 Å². The molecule has 1 N–H and O–H groups in total. The van der Waals surface area contributed by atoms with Crippen molar-refractivity contribution in [2.45, 2.75) is 13.3 Å². The zero-order chi connectivity index (χ0) is 18.4. The van der Waals surface area contributed by atoms with Gasteiger partial charge in [-0.15, -0.1) is 0 Å². The van der Waals surface area contributed by atoms with E-state index in [-0.39, 0.29) is 12.3 Å². The summed E-state index contributed by atoms with van der Waals surface area (Å²) >= 11 is 0. The molecular weight excluding hydrogens is 328 g/mol. The Balaban J connectivity index is 1.59. The monoisotopic (exact) mass is 348 g/mol. The molecule has 3 aromatic rings. The van der Waals surface area contributed by atoms with Crippen LogP contribution in [-0.2, 0) is 11.2 Å². The number of hydrogen-bond acceptors (Lipinski definition) is 4. The van der Waals surface area contributed by atoms with Gasteiger partial charge in [0.15, 0.2) is 0 Å². The van der Waals surface area contributed by atoms with E-state index in [4.69, 9.17) is 4.74 Å². The average molecular weight is 348 g/mol. The SMILES string of the molecule is COc1ccc(CC(=O)N/N=C(\C)c2ccc(-n3ccnc3)cc2)cc1. The zero-order valence-corrected chi connectivity index (χ0v) is 14.7. The fourth-order valence-corrected chi connectivity index (χ4v) is 2.47. The van der Waals surface area contributed by atoms with Crippen LogP contribution in [0, 0.1) is 0 Å². The van der Waals surface area contributed by atoms with Crippen LogP contribution in [0.15, 0.2) is 72.4 Å². The standard InChI is InChI=1S/C20H20N4O2/c1-15(17-5-7-18(8-6-17)24-12-11-21-14-24)22-23-20(25)13-16-3-9-19(26-2)10-4-16/h3-12,14H,13H2,1-2H3,(H,23,25)/b22-15+. The first-order chi connectivity index (χ1) is 12.7.